The van der Waals surface area contributed by atoms with Crippen LogP contribution in [0.25, 0.3) is 22.0 Å². The predicted molar refractivity (Wildman–Crippen MR) is 138 cm³/mol. The number of methoxy groups -OCH3 is 2. The van der Waals surface area contributed by atoms with Gasteiger partial charge in [-0.3, -0.25) is 9.48 Å². The fraction of sp³-hybridized carbons (Fsp3) is 0.286. The summed E-state index contributed by atoms with van der Waals surface area (Å²) in [5, 5.41) is 14.5. The molecule has 0 bridgehead atoms. The van der Waals surface area contributed by atoms with E-state index in [1.807, 2.05) is 54.3 Å². The fourth-order valence-corrected chi connectivity index (χ4v) is 4.94. The number of aromatic nitrogens is 2. The smallest absolute Gasteiger partial charge is 0.303 e. The van der Waals surface area contributed by atoms with Crippen molar-refractivity contribution in [2.75, 3.05) is 20.0 Å². The quantitative estimate of drug-likeness (QED) is 0.355. The van der Waals surface area contributed by atoms with Crippen molar-refractivity contribution in [1.29, 1.82) is 0 Å². The summed E-state index contributed by atoms with van der Waals surface area (Å²) in [5.41, 5.74) is 13.0. The highest BCUT2D eigenvalue weighted by molar-refractivity contribution is 5.87. The molecule has 0 radical (unpaired) electrons. The van der Waals surface area contributed by atoms with Crippen LogP contribution in [-0.4, -0.2) is 41.2 Å². The summed E-state index contributed by atoms with van der Waals surface area (Å²) in [5.74, 6) is 1.16. The first-order valence-corrected chi connectivity index (χ1v) is 11.8. The maximum Gasteiger partial charge on any atom is 0.303 e. The van der Waals surface area contributed by atoms with Crippen molar-refractivity contribution < 1.29 is 24.1 Å². The number of hydrogen-bond acceptors (Lipinski definition) is 6. The molecule has 0 saturated heterocycles. The number of carbonyl (C=O) groups is 1. The minimum Gasteiger partial charge on any atom is -0.493 e. The summed E-state index contributed by atoms with van der Waals surface area (Å²) >= 11 is 0. The van der Waals surface area contributed by atoms with Gasteiger partial charge in [-0.15, -0.1) is 0 Å². The van der Waals surface area contributed by atoms with Gasteiger partial charge in [-0.25, -0.2) is 0 Å². The maximum atomic E-state index is 11.2. The van der Waals surface area contributed by atoms with Crippen LogP contribution in [0, 0.1) is 0 Å². The Morgan fingerprint density at radius 3 is 2.42 bits per heavy atom. The van der Waals surface area contributed by atoms with Crippen molar-refractivity contribution in [3.63, 3.8) is 0 Å². The van der Waals surface area contributed by atoms with E-state index in [0.717, 1.165) is 51.6 Å². The molecule has 0 atom stereocenters. The topological polar surface area (TPSA) is 109 Å². The molecule has 1 aromatic heterocycles. The van der Waals surface area contributed by atoms with Crippen LogP contribution in [0.2, 0.25) is 0 Å². The van der Waals surface area contributed by atoms with E-state index in [0.29, 0.717) is 29.4 Å². The summed E-state index contributed by atoms with van der Waals surface area (Å²) in [7, 11) is 5.17. The molecule has 0 saturated carbocycles. The number of nitrogen functional groups attached to an aromatic ring is 1. The van der Waals surface area contributed by atoms with E-state index >= 15 is 0 Å². The Morgan fingerprint density at radius 1 is 1.08 bits per heavy atom. The number of nitrogens with two attached hydrogens (primary N) is 1. The van der Waals surface area contributed by atoms with Gasteiger partial charge in [-0.2, -0.15) is 5.10 Å². The third kappa shape index (κ3) is 4.42. The zero-order chi connectivity index (χ0) is 25.4. The number of hydrogen-bond donors (Lipinski definition) is 2. The molecule has 0 fully saturated rings. The molecule has 0 amide bonds. The van der Waals surface area contributed by atoms with Crippen molar-refractivity contribution in [1.82, 2.24) is 9.78 Å². The molecule has 4 aromatic rings. The lowest BCUT2D eigenvalue weighted by atomic mass is 9.97. The van der Waals surface area contributed by atoms with Crippen molar-refractivity contribution in [2.45, 2.75) is 31.8 Å². The van der Waals surface area contributed by atoms with Crippen molar-refractivity contribution in [2.24, 2.45) is 7.05 Å². The van der Waals surface area contributed by atoms with Gasteiger partial charge in [0.15, 0.2) is 11.5 Å². The van der Waals surface area contributed by atoms with Gasteiger partial charge in [0.05, 0.1) is 31.6 Å². The summed E-state index contributed by atoms with van der Waals surface area (Å²) in [6.07, 6.45) is 3.57. The van der Waals surface area contributed by atoms with Gasteiger partial charge in [0.2, 0.25) is 0 Å². The number of carboxylic acids is 1. The predicted octanol–water partition coefficient (Wildman–Crippen LogP) is 4.40. The maximum absolute atomic E-state index is 11.2. The normalized spacial score (nSPS) is 13.1. The Labute approximate surface area is 209 Å². The Morgan fingerprint density at radius 2 is 1.78 bits per heavy atom. The lowest BCUT2D eigenvalue weighted by molar-refractivity contribution is -0.136. The largest absolute Gasteiger partial charge is 0.493 e. The lowest BCUT2D eigenvalue weighted by Crippen LogP contribution is -2.18. The standard InChI is InChI=1S/C28H29N3O5/c1-31-24-6-5-17(10-20(24)15-30-31)22-8-16(4-7-27(32)33)9-23(29)28(22)36-21-11-18-13-25(34-2)26(35-3)14-19(18)12-21/h5-6,8-10,13-15,21H,4,7,11-12,29H2,1-3H3,(H,32,33). The zero-order valence-corrected chi connectivity index (χ0v) is 20.6. The molecule has 3 N–H and O–H groups in total. The molecule has 36 heavy (non-hydrogen) atoms. The Balaban J connectivity index is 1.51. The van der Waals surface area contributed by atoms with Crippen LogP contribution in [0.1, 0.15) is 23.1 Å². The van der Waals surface area contributed by atoms with Gasteiger partial charge in [0, 0.05) is 37.3 Å². The number of fused-ring (bicyclic) bond motifs is 2. The SMILES string of the molecule is COc1cc2c(cc1OC)CC(Oc1c(N)cc(CCC(=O)O)cc1-c1ccc3c(cnn3C)c1)C2. The molecular weight excluding hydrogens is 458 g/mol. The first-order valence-electron chi connectivity index (χ1n) is 11.8. The van der Waals surface area contributed by atoms with Gasteiger partial charge in [-0.1, -0.05) is 6.07 Å². The van der Waals surface area contributed by atoms with E-state index in [1.54, 1.807) is 14.2 Å². The van der Waals surface area contributed by atoms with Crippen LogP contribution in [0.15, 0.2) is 48.7 Å². The Kier molecular flexibility index (Phi) is 6.18. The molecule has 1 heterocycles. The van der Waals surface area contributed by atoms with Crippen LogP contribution in [0.3, 0.4) is 0 Å². The third-order valence-electron chi connectivity index (χ3n) is 6.75. The molecule has 5 rings (SSSR count). The molecule has 0 unspecified atom stereocenters. The van der Waals surface area contributed by atoms with Crippen LogP contribution >= 0.6 is 0 Å². The van der Waals surface area contributed by atoms with E-state index in [4.69, 9.17) is 19.9 Å². The number of carboxylic acid groups (broad SMARTS) is 1. The number of anilines is 1. The minimum absolute atomic E-state index is 0.0301. The second kappa shape index (κ2) is 9.45. The second-order valence-electron chi connectivity index (χ2n) is 9.12. The van der Waals surface area contributed by atoms with Crippen LogP contribution in [-0.2, 0) is 31.1 Å². The number of aryl methyl sites for hydroxylation is 2. The van der Waals surface area contributed by atoms with E-state index in [9.17, 15) is 9.90 Å². The molecule has 3 aromatic carbocycles. The van der Waals surface area contributed by atoms with Crippen molar-refractivity contribution >= 4 is 22.6 Å². The average molecular weight is 488 g/mol. The molecule has 0 spiro atoms. The van der Waals surface area contributed by atoms with Gasteiger partial charge in [-0.05, 0) is 65.1 Å². The van der Waals surface area contributed by atoms with Gasteiger partial charge in [0.25, 0.3) is 0 Å². The highest BCUT2D eigenvalue weighted by Crippen LogP contribution is 2.41. The van der Waals surface area contributed by atoms with E-state index in [2.05, 4.69) is 11.2 Å². The fourth-order valence-electron chi connectivity index (χ4n) is 4.94. The molecular formula is C28H29N3O5. The van der Waals surface area contributed by atoms with Gasteiger partial charge in [0.1, 0.15) is 11.9 Å². The minimum atomic E-state index is -0.846. The third-order valence-corrected chi connectivity index (χ3v) is 6.75. The van der Waals surface area contributed by atoms with E-state index < -0.39 is 5.97 Å². The summed E-state index contributed by atoms with van der Waals surface area (Å²) in [6.45, 7) is 0. The second-order valence-corrected chi connectivity index (χ2v) is 9.12. The van der Waals surface area contributed by atoms with E-state index in [1.165, 1.54) is 0 Å². The van der Waals surface area contributed by atoms with Gasteiger partial charge >= 0.3 is 5.97 Å². The first kappa shape index (κ1) is 23.5. The highest BCUT2D eigenvalue weighted by Gasteiger charge is 2.27. The number of rotatable bonds is 8. The van der Waals surface area contributed by atoms with Crippen LogP contribution < -0.4 is 19.9 Å². The summed E-state index contributed by atoms with van der Waals surface area (Å²) < 4.78 is 19.3. The van der Waals surface area contributed by atoms with Crippen LogP contribution in [0.5, 0.6) is 17.2 Å². The Bertz CT molecular complexity index is 1430. The van der Waals surface area contributed by atoms with Crippen molar-refractivity contribution in [3.05, 3.63) is 65.4 Å². The number of nitrogens with zero attached hydrogens (tertiary/aromatic N) is 2. The van der Waals surface area contributed by atoms with Crippen LogP contribution in [0.4, 0.5) is 5.69 Å². The molecule has 186 valence electrons. The zero-order valence-electron chi connectivity index (χ0n) is 20.6. The first-order chi connectivity index (χ1) is 17.4. The molecule has 1 aliphatic carbocycles. The summed E-state index contributed by atoms with van der Waals surface area (Å²) in [4.78, 5) is 11.2. The number of ether oxygens (including phenoxy) is 3. The number of aliphatic carboxylic acids is 1. The Hall–Kier alpha value is -4.20. The molecule has 1 aliphatic rings. The van der Waals surface area contributed by atoms with Crippen molar-refractivity contribution in [3.8, 4) is 28.4 Å². The lowest BCUT2D eigenvalue weighted by Gasteiger charge is -2.20. The average Bonchev–Trinajstić information content (AvgIpc) is 3.44. The van der Waals surface area contributed by atoms with Gasteiger partial charge < -0.3 is 25.1 Å². The molecule has 8 heteroatoms. The summed E-state index contributed by atoms with van der Waals surface area (Å²) in [6, 6.07) is 13.9. The molecule has 8 nitrogen and oxygen atoms in total. The number of benzene rings is 3. The molecule has 0 aliphatic heterocycles. The monoisotopic (exact) mass is 487 g/mol. The highest BCUT2D eigenvalue weighted by atomic mass is 16.5. The van der Waals surface area contributed by atoms with E-state index in [-0.39, 0.29) is 12.5 Å².